The van der Waals surface area contributed by atoms with E-state index in [-0.39, 0.29) is 17.9 Å². The summed E-state index contributed by atoms with van der Waals surface area (Å²) >= 11 is 0. The van der Waals surface area contributed by atoms with Crippen molar-refractivity contribution >= 4 is 17.7 Å². The first-order valence-electron chi connectivity index (χ1n) is 10.6. The summed E-state index contributed by atoms with van der Waals surface area (Å²) in [5, 5.41) is 0. The smallest absolute Gasteiger partial charge is 0.312 e. The lowest BCUT2D eigenvalue weighted by Crippen LogP contribution is -2.56. The van der Waals surface area contributed by atoms with E-state index in [0.717, 1.165) is 57.2 Å². The number of nitrogens with zero attached hydrogens (tertiary/aromatic N) is 3. The summed E-state index contributed by atoms with van der Waals surface area (Å²) in [5.74, 6) is -0.663. The van der Waals surface area contributed by atoms with E-state index < -0.39 is 5.91 Å². The Morgan fingerprint density at radius 2 is 1.50 bits per heavy atom. The van der Waals surface area contributed by atoms with E-state index in [1.807, 2.05) is 29.2 Å². The zero-order chi connectivity index (χ0) is 19.5. The van der Waals surface area contributed by atoms with Gasteiger partial charge >= 0.3 is 11.8 Å². The zero-order valence-electron chi connectivity index (χ0n) is 16.4. The van der Waals surface area contributed by atoms with Crippen LogP contribution < -0.4 is 0 Å². The van der Waals surface area contributed by atoms with Crippen LogP contribution in [0.15, 0.2) is 24.3 Å². The summed E-state index contributed by atoms with van der Waals surface area (Å²) < 4.78 is 0. The zero-order valence-corrected chi connectivity index (χ0v) is 16.4. The molecular formula is C22H29N3O3. The van der Waals surface area contributed by atoms with Gasteiger partial charge < -0.3 is 14.7 Å². The molecule has 2 aliphatic heterocycles. The molecule has 3 aliphatic rings. The SMILES string of the molecule is O=C1C(=O)N(C2CCCC2)CCN1Cc1ccc(C(=O)N2CCCCC2)cc1. The van der Waals surface area contributed by atoms with Gasteiger partial charge in [-0.05, 0) is 49.8 Å². The molecule has 1 saturated carbocycles. The Labute approximate surface area is 166 Å². The molecule has 2 saturated heterocycles. The van der Waals surface area contributed by atoms with Crippen LogP contribution >= 0.6 is 0 Å². The fourth-order valence-corrected chi connectivity index (χ4v) is 4.66. The summed E-state index contributed by atoms with van der Waals surface area (Å²) in [5.41, 5.74) is 1.64. The van der Waals surface area contributed by atoms with Crippen molar-refractivity contribution in [2.75, 3.05) is 26.2 Å². The van der Waals surface area contributed by atoms with Gasteiger partial charge in [-0.3, -0.25) is 14.4 Å². The van der Waals surface area contributed by atoms with Crippen LogP contribution in [0.3, 0.4) is 0 Å². The highest BCUT2D eigenvalue weighted by Crippen LogP contribution is 2.25. The fourth-order valence-electron chi connectivity index (χ4n) is 4.66. The minimum Gasteiger partial charge on any atom is -0.339 e. The molecule has 6 nitrogen and oxygen atoms in total. The van der Waals surface area contributed by atoms with Crippen LogP contribution in [-0.2, 0) is 16.1 Å². The molecule has 3 fully saturated rings. The molecule has 0 N–H and O–H groups in total. The topological polar surface area (TPSA) is 60.9 Å². The lowest BCUT2D eigenvalue weighted by molar-refractivity contribution is -0.158. The highest BCUT2D eigenvalue weighted by atomic mass is 16.2. The molecule has 3 amide bonds. The molecular weight excluding hydrogens is 354 g/mol. The minimum absolute atomic E-state index is 0.0858. The number of hydrogen-bond acceptors (Lipinski definition) is 3. The highest BCUT2D eigenvalue weighted by Gasteiger charge is 2.37. The number of piperazine rings is 1. The third-order valence-corrected chi connectivity index (χ3v) is 6.32. The Kier molecular flexibility index (Phi) is 5.64. The largest absolute Gasteiger partial charge is 0.339 e. The van der Waals surface area contributed by atoms with E-state index in [1.165, 1.54) is 6.42 Å². The molecule has 4 rings (SSSR count). The molecule has 0 aromatic heterocycles. The van der Waals surface area contributed by atoms with Crippen molar-refractivity contribution in [2.24, 2.45) is 0 Å². The van der Waals surface area contributed by atoms with Crippen LogP contribution in [0.5, 0.6) is 0 Å². The molecule has 150 valence electrons. The highest BCUT2D eigenvalue weighted by molar-refractivity contribution is 6.35. The van der Waals surface area contributed by atoms with Crippen LogP contribution in [-0.4, -0.2) is 64.6 Å². The molecule has 0 unspecified atom stereocenters. The van der Waals surface area contributed by atoms with Crippen molar-refractivity contribution in [1.29, 1.82) is 0 Å². The number of carbonyl (C=O) groups is 3. The Bertz CT molecular complexity index is 734. The van der Waals surface area contributed by atoms with Crippen LogP contribution in [0.25, 0.3) is 0 Å². The van der Waals surface area contributed by atoms with Gasteiger partial charge in [-0.1, -0.05) is 25.0 Å². The van der Waals surface area contributed by atoms with E-state index >= 15 is 0 Å². The van der Waals surface area contributed by atoms with E-state index in [1.54, 1.807) is 9.80 Å². The summed E-state index contributed by atoms with van der Waals surface area (Å²) in [7, 11) is 0. The molecule has 1 aromatic rings. The first-order valence-corrected chi connectivity index (χ1v) is 10.6. The Balaban J connectivity index is 1.36. The van der Waals surface area contributed by atoms with Gasteiger partial charge in [0.15, 0.2) is 0 Å². The van der Waals surface area contributed by atoms with Crippen LogP contribution in [0, 0.1) is 0 Å². The standard InChI is InChI=1S/C22H29N3O3/c26-20(23-12-4-1-5-13-23)18-10-8-17(9-11-18)16-24-14-15-25(22(28)21(24)27)19-6-2-3-7-19/h8-11,19H,1-7,12-16H2. The molecule has 28 heavy (non-hydrogen) atoms. The number of rotatable bonds is 4. The molecule has 0 radical (unpaired) electrons. The molecule has 1 aromatic carbocycles. The van der Waals surface area contributed by atoms with Crippen molar-refractivity contribution in [3.05, 3.63) is 35.4 Å². The third kappa shape index (κ3) is 3.91. The maximum Gasteiger partial charge on any atom is 0.312 e. The average Bonchev–Trinajstić information content (AvgIpc) is 3.27. The lowest BCUT2D eigenvalue weighted by atomic mass is 10.1. The van der Waals surface area contributed by atoms with Gasteiger partial charge in [0.2, 0.25) is 0 Å². The molecule has 0 atom stereocenters. The number of benzene rings is 1. The predicted molar refractivity (Wildman–Crippen MR) is 106 cm³/mol. The van der Waals surface area contributed by atoms with Crippen molar-refractivity contribution in [3.8, 4) is 0 Å². The number of piperidine rings is 1. The predicted octanol–water partition coefficient (Wildman–Crippen LogP) is 2.43. The van der Waals surface area contributed by atoms with E-state index in [9.17, 15) is 14.4 Å². The molecule has 0 bridgehead atoms. The van der Waals surface area contributed by atoms with Gasteiger partial charge in [0.1, 0.15) is 0 Å². The van der Waals surface area contributed by atoms with Crippen LogP contribution in [0.4, 0.5) is 0 Å². The average molecular weight is 383 g/mol. The minimum atomic E-state index is -0.397. The number of hydrogen-bond donors (Lipinski definition) is 0. The maximum absolute atomic E-state index is 12.6. The monoisotopic (exact) mass is 383 g/mol. The van der Waals surface area contributed by atoms with Crippen molar-refractivity contribution in [1.82, 2.24) is 14.7 Å². The normalized spacial score (nSPS) is 21.5. The quantitative estimate of drug-likeness (QED) is 0.751. The van der Waals surface area contributed by atoms with Gasteiger partial charge in [-0.25, -0.2) is 0 Å². The maximum atomic E-state index is 12.6. The van der Waals surface area contributed by atoms with Crippen molar-refractivity contribution in [3.63, 3.8) is 0 Å². The number of likely N-dealkylation sites (tertiary alicyclic amines) is 1. The first kappa shape index (κ1) is 19.0. The molecule has 1 aliphatic carbocycles. The molecule has 0 spiro atoms. The summed E-state index contributed by atoms with van der Waals surface area (Å²) in [6, 6.07) is 7.73. The van der Waals surface area contributed by atoms with E-state index in [4.69, 9.17) is 0 Å². The molecule has 2 heterocycles. The van der Waals surface area contributed by atoms with E-state index in [0.29, 0.717) is 25.2 Å². The second-order valence-electron chi connectivity index (χ2n) is 8.21. The first-order chi connectivity index (χ1) is 13.6. The second kappa shape index (κ2) is 8.33. The van der Waals surface area contributed by atoms with Gasteiger partial charge in [0.05, 0.1) is 0 Å². The van der Waals surface area contributed by atoms with Gasteiger partial charge in [0, 0.05) is 44.3 Å². The Morgan fingerprint density at radius 3 is 2.18 bits per heavy atom. The summed E-state index contributed by atoms with van der Waals surface area (Å²) in [6.07, 6.45) is 7.68. The third-order valence-electron chi connectivity index (χ3n) is 6.32. The summed E-state index contributed by atoms with van der Waals surface area (Å²) in [6.45, 7) is 3.29. The van der Waals surface area contributed by atoms with Gasteiger partial charge in [-0.2, -0.15) is 0 Å². The Hall–Kier alpha value is -2.37. The van der Waals surface area contributed by atoms with E-state index in [2.05, 4.69) is 0 Å². The number of amides is 3. The lowest BCUT2D eigenvalue weighted by Gasteiger charge is -2.37. The fraction of sp³-hybridized carbons (Fsp3) is 0.591. The van der Waals surface area contributed by atoms with Crippen LogP contribution in [0.1, 0.15) is 60.9 Å². The summed E-state index contributed by atoms with van der Waals surface area (Å²) in [4.78, 5) is 43.0. The van der Waals surface area contributed by atoms with Crippen molar-refractivity contribution in [2.45, 2.75) is 57.5 Å². The van der Waals surface area contributed by atoms with Gasteiger partial charge in [-0.15, -0.1) is 0 Å². The van der Waals surface area contributed by atoms with Gasteiger partial charge in [0.25, 0.3) is 5.91 Å². The number of carbonyl (C=O) groups excluding carboxylic acids is 3. The molecule has 6 heteroatoms. The van der Waals surface area contributed by atoms with Crippen LogP contribution in [0.2, 0.25) is 0 Å². The Morgan fingerprint density at radius 1 is 0.821 bits per heavy atom. The second-order valence-corrected chi connectivity index (χ2v) is 8.21. The van der Waals surface area contributed by atoms with Crippen molar-refractivity contribution < 1.29 is 14.4 Å².